The molecule has 0 saturated heterocycles. The Morgan fingerprint density at radius 1 is 1.43 bits per heavy atom. The van der Waals surface area contributed by atoms with Crippen molar-refractivity contribution in [2.24, 2.45) is 0 Å². The van der Waals surface area contributed by atoms with Crippen LogP contribution in [0.5, 0.6) is 5.75 Å². The minimum atomic E-state index is -0.149. The number of thiophene rings is 1. The highest BCUT2D eigenvalue weighted by molar-refractivity contribution is 7.99. The quantitative estimate of drug-likeness (QED) is 0.724. The molecule has 4 heteroatoms. The molecule has 0 aliphatic heterocycles. The molecule has 2 rings (SSSR count). The van der Waals surface area contributed by atoms with Crippen molar-refractivity contribution in [3.05, 3.63) is 23.3 Å². The van der Waals surface area contributed by atoms with Crippen molar-refractivity contribution in [3.63, 3.8) is 0 Å². The molecule has 0 spiro atoms. The maximum Gasteiger partial charge on any atom is 0.177 e. The van der Waals surface area contributed by atoms with Gasteiger partial charge in [0.15, 0.2) is 5.13 Å². The highest BCUT2D eigenvalue weighted by Gasteiger charge is 2.10. The van der Waals surface area contributed by atoms with Gasteiger partial charge in [-0.3, -0.25) is 0 Å². The van der Waals surface area contributed by atoms with E-state index in [9.17, 15) is 4.39 Å². The SMILES string of the molecule is COc1ccc2sc(F)cc2c1SC. The predicted molar refractivity (Wildman–Crippen MR) is 60.1 cm³/mol. The van der Waals surface area contributed by atoms with E-state index in [4.69, 9.17) is 4.74 Å². The summed E-state index contributed by atoms with van der Waals surface area (Å²) in [6, 6.07) is 5.33. The number of ether oxygens (including phenoxy) is 1. The van der Waals surface area contributed by atoms with E-state index in [1.807, 2.05) is 18.4 Å². The average molecular weight is 228 g/mol. The third kappa shape index (κ3) is 1.48. The van der Waals surface area contributed by atoms with Crippen LogP contribution in [-0.2, 0) is 0 Å². The molecule has 1 heterocycles. The van der Waals surface area contributed by atoms with Crippen molar-refractivity contribution >= 4 is 33.2 Å². The number of rotatable bonds is 2. The molecule has 0 radical (unpaired) electrons. The second kappa shape index (κ2) is 3.79. The van der Waals surface area contributed by atoms with Crippen molar-refractivity contribution in [1.82, 2.24) is 0 Å². The van der Waals surface area contributed by atoms with Crippen LogP contribution in [0.15, 0.2) is 23.1 Å². The van der Waals surface area contributed by atoms with Gasteiger partial charge in [0.2, 0.25) is 0 Å². The van der Waals surface area contributed by atoms with E-state index in [0.29, 0.717) is 0 Å². The van der Waals surface area contributed by atoms with Gasteiger partial charge in [-0.2, -0.15) is 4.39 Å². The molecule has 1 aromatic carbocycles. The monoisotopic (exact) mass is 228 g/mol. The van der Waals surface area contributed by atoms with Gasteiger partial charge < -0.3 is 4.74 Å². The largest absolute Gasteiger partial charge is 0.496 e. The van der Waals surface area contributed by atoms with Crippen molar-refractivity contribution < 1.29 is 9.13 Å². The number of methoxy groups -OCH3 is 1. The fraction of sp³-hybridized carbons (Fsp3) is 0.200. The topological polar surface area (TPSA) is 9.23 Å². The van der Waals surface area contributed by atoms with Crippen LogP contribution >= 0.6 is 23.1 Å². The fourth-order valence-corrected chi connectivity index (χ4v) is 3.01. The highest BCUT2D eigenvalue weighted by atomic mass is 32.2. The van der Waals surface area contributed by atoms with E-state index in [1.165, 1.54) is 11.3 Å². The lowest BCUT2D eigenvalue weighted by atomic mass is 10.2. The molecule has 0 amide bonds. The van der Waals surface area contributed by atoms with Gasteiger partial charge in [-0.15, -0.1) is 23.1 Å². The first-order valence-electron chi connectivity index (χ1n) is 4.06. The predicted octanol–water partition coefficient (Wildman–Crippen LogP) is 3.77. The van der Waals surface area contributed by atoms with Gasteiger partial charge in [-0.1, -0.05) is 0 Å². The first kappa shape index (κ1) is 9.80. The minimum absolute atomic E-state index is 0.149. The summed E-state index contributed by atoms with van der Waals surface area (Å²) in [4.78, 5) is 1.00. The van der Waals surface area contributed by atoms with Gasteiger partial charge in [-0.25, -0.2) is 0 Å². The van der Waals surface area contributed by atoms with E-state index < -0.39 is 0 Å². The van der Waals surface area contributed by atoms with Gasteiger partial charge in [0.25, 0.3) is 0 Å². The van der Waals surface area contributed by atoms with Crippen LogP contribution in [0.3, 0.4) is 0 Å². The number of hydrogen-bond donors (Lipinski definition) is 0. The lowest BCUT2D eigenvalue weighted by molar-refractivity contribution is 0.406. The maximum absolute atomic E-state index is 13.0. The molecule has 1 aromatic heterocycles. The Labute approximate surface area is 89.9 Å². The maximum atomic E-state index is 13.0. The third-order valence-electron chi connectivity index (χ3n) is 2.01. The Morgan fingerprint density at radius 2 is 2.21 bits per heavy atom. The van der Waals surface area contributed by atoms with Gasteiger partial charge >= 0.3 is 0 Å². The van der Waals surface area contributed by atoms with Crippen molar-refractivity contribution in [1.29, 1.82) is 0 Å². The van der Waals surface area contributed by atoms with Crippen LogP contribution in [0.4, 0.5) is 4.39 Å². The van der Waals surface area contributed by atoms with Crippen molar-refractivity contribution in [2.45, 2.75) is 4.90 Å². The molecule has 0 aliphatic carbocycles. The standard InChI is InChI=1S/C10H9FOS2/c1-12-7-3-4-8-6(10(7)13-2)5-9(11)14-8/h3-5H,1-2H3. The van der Waals surface area contributed by atoms with Crippen LogP contribution in [-0.4, -0.2) is 13.4 Å². The average Bonchev–Trinajstić information content (AvgIpc) is 2.56. The van der Waals surface area contributed by atoms with E-state index >= 15 is 0 Å². The van der Waals surface area contributed by atoms with Gasteiger partial charge in [0.1, 0.15) is 5.75 Å². The molecule has 1 nitrogen and oxygen atoms in total. The van der Waals surface area contributed by atoms with E-state index in [1.54, 1.807) is 24.9 Å². The molecule has 0 saturated carbocycles. The number of fused-ring (bicyclic) bond motifs is 1. The Hall–Kier alpha value is -0.740. The normalized spacial score (nSPS) is 10.8. The minimum Gasteiger partial charge on any atom is -0.496 e. The summed E-state index contributed by atoms with van der Waals surface area (Å²) in [6.07, 6.45) is 1.97. The van der Waals surface area contributed by atoms with Gasteiger partial charge in [-0.05, 0) is 24.5 Å². The zero-order valence-corrected chi connectivity index (χ0v) is 9.47. The van der Waals surface area contributed by atoms with Crippen LogP contribution in [0.25, 0.3) is 10.1 Å². The summed E-state index contributed by atoms with van der Waals surface area (Å²) in [6.45, 7) is 0. The molecule has 0 atom stereocenters. The Kier molecular flexibility index (Phi) is 2.65. The second-order valence-electron chi connectivity index (χ2n) is 2.76. The zero-order chi connectivity index (χ0) is 10.1. The van der Waals surface area contributed by atoms with Crippen molar-refractivity contribution in [2.75, 3.05) is 13.4 Å². The van der Waals surface area contributed by atoms with Crippen LogP contribution in [0, 0.1) is 5.13 Å². The van der Waals surface area contributed by atoms with Crippen molar-refractivity contribution in [3.8, 4) is 5.75 Å². The molecule has 0 bridgehead atoms. The fourth-order valence-electron chi connectivity index (χ4n) is 1.41. The Balaban J connectivity index is 2.75. The second-order valence-corrected chi connectivity index (χ2v) is 4.61. The molecule has 14 heavy (non-hydrogen) atoms. The van der Waals surface area contributed by atoms with Crippen LogP contribution in [0.1, 0.15) is 0 Å². The van der Waals surface area contributed by atoms with Crippen LogP contribution in [0.2, 0.25) is 0 Å². The highest BCUT2D eigenvalue weighted by Crippen LogP contribution is 2.38. The molecule has 0 N–H and O–H groups in total. The van der Waals surface area contributed by atoms with Crippen LogP contribution < -0.4 is 4.74 Å². The van der Waals surface area contributed by atoms with E-state index in [-0.39, 0.29) is 5.13 Å². The third-order valence-corrected chi connectivity index (χ3v) is 3.73. The summed E-state index contributed by atoms with van der Waals surface area (Å²) in [5.74, 6) is 0.808. The summed E-state index contributed by atoms with van der Waals surface area (Å²) in [5.41, 5.74) is 0. The Morgan fingerprint density at radius 3 is 2.86 bits per heavy atom. The summed E-state index contributed by atoms with van der Waals surface area (Å²) < 4.78 is 19.2. The zero-order valence-electron chi connectivity index (χ0n) is 7.83. The molecule has 0 unspecified atom stereocenters. The molecular formula is C10H9FOS2. The van der Waals surface area contributed by atoms with E-state index in [0.717, 1.165) is 20.7 Å². The lowest BCUT2D eigenvalue weighted by Crippen LogP contribution is -1.85. The molecule has 0 aliphatic rings. The number of benzene rings is 1. The first-order chi connectivity index (χ1) is 6.76. The van der Waals surface area contributed by atoms with Gasteiger partial charge in [0.05, 0.1) is 12.0 Å². The molecule has 0 fully saturated rings. The molecule has 74 valence electrons. The summed E-state index contributed by atoms with van der Waals surface area (Å²) in [7, 11) is 1.63. The smallest absolute Gasteiger partial charge is 0.177 e. The lowest BCUT2D eigenvalue weighted by Gasteiger charge is -2.06. The summed E-state index contributed by atoms with van der Waals surface area (Å²) >= 11 is 2.74. The number of halogens is 1. The van der Waals surface area contributed by atoms with Gasteiger partial charge in [0, 0.05) is 10.1 Å². The Bertz CT molecular complexity index is 464. The number of thioether (sulfide) groups is 1. The number of hydrogen-bond acceptors (Lipinski definition) is 3. The summed E-state index contributed by atoms with van der Waals surface area (Å²) in [5, 5.41) is 0.794. The van der Waals surface area contributed by atoms with E-state index in [2.05, 4.69) is 0 Å². The molecular weight excluding hydrogens is 219 g/mol. The molecule has 2 aromatic rings. The first-order valence-corrected chi connectivity index (χ1v) is 6.10.